The van der Waals surface area contributed by atoms with Crippen molar-refractivity contribution in [3.05, 3.63) is 113 Å². The van der Waals surface area contributed by atoms with E-state index in [4.69, 9.17) is 0 Å². The molecule has 0 unspecified atom stereocenters. The van der Waals surface area contributed by atoms with Crippen LogP contribution in [0, 0.1) is 6.92 Å². The molecule has 3 heteroatoms. The molecule has 0 aromatic heterocycles. The van der Waals surface area contributed by atoms with E-state index in [-0.39, 0.29) is 17.7 Å². The van der Waals surface area contributed by atoms with Crippen LogP contribution in [0.15, 0.2) is 90.7 Å². The van der Waals surface area contributed by atoms with Crippen LogP contribution in [-0.2, 0) is 11.2 Å². The number of amides is 1. The third-order valence-electron chi connectivity index (χ3n) is 5.27. The molecule has 1 heterocycles. The van der Waals surface area contributed by atoms with Crippen LogP contribution in [-0.4, -0.2) is 22.5 Å². The summed E-state index contributed by atoms with van der Waals surface area (Å²) in [6.07, 6.45) is 0.740. The average molecular weight is 369 g/mol. The van der Waals surface area contributed by atoms with E-state index in [1.54, 1.807) is 4.90 Å². The predicted molar refractivity (Wildman–Crippen MR) is 112 cm³/mol. The Balaban J connectivity index is 1.72. The molecule has 0 radical (unpaired) electrons. The minimum atomic E-state index is -0.305. The lowest BCUT2D eigenvalue weighted by Gasteiger charge is -2.27. The van der Waals surface area contributed by atoms with E-state index in [2.05, 4.69) is 12.1 Å². The molecule has 0 spiro atoms. The molecule has 1 amide bonds. The van der Waals surface area contributed by atoms with E-state index >= 15 is 0 Å². The summed E-state index contributed by atoms with van der Waals surface area (Å²) in [7, 11) is 0. The van der Waals surface area contributed by atoms with Crippen LogP contribution in [0.25, 0.3) is 5.57 Å². The highest BCUT2D eigenvalue weighted by molar-refractivity contribution is 6.05. The Kier molecular flexibility index (Phi) is 4.98. The Morgan fingerprint density at radius 1 is 0.857 bits per heavy atom. The van der Waals surface area contributed by atoms with E-state index in [1.807, 2.05) is 79.7 Å². The fourth-order valence-electron chi connectivity index (χ4n) is 3.79. The minimum Gasteiger partial charge on any atom is -0.503 e. The SMILES string of the molecule is Cc1ccc([C@H]2C(c3ccccc3)=C(O)C(=O)N2CCc2ccccc2)cc1. The van der Waals surface area contributed by atoms with Gasteiger partial charge in [0.05, 0.1) is 6.04 Å². The van der Waals surface area contributed by atoms with E-state index in [0.29, 0.717) is 12.1 Å². The van der Waals surface area contributed by atoms with Crippen LogP contribution in [0.3, 0.4) is 0 Å². The zero-order valence-corrected chi connectivity index (χ0v) is 15.9. The predicted octanol–water partition coefficient (Wildman–Crippen LogP) is 5.09. The van der Waals surface area contributed by atoms with Crippen molar-refractivity contribution < 1.29 is 9.90 Å². The second-order valence-corrected chi connectivity index (χ2v) is 7.18. The maximum Gasteiger partial charge on any atom is 0.289 e. The summed E-state index contributed by atoms with van der Waals surface area (Å²) in [4.78, 5) is 14.8. The van der Waals surface area contributed by atoms with Crippen molar-refractivity contribution in [3.8, 4) is 0 Å². The fourth-order valence-corrected chi connectivity index (χ4v) is 3.79. The van der Waals surface area contributed by atoms with Crippen molar-refractivity contribution in [2.24, 2.45) is 0 Å². The Bertz CT molecular complexity index is 992. The fraction of sp³-hybridized carbons (Fsp3) is 0.160. The smallest absolute Gasteiger partial charge is 0.289 e. The van der Waals surface area contributed by atoms with E-state index in [0.717, 1.165) is 17.5 Å². The number of carbonyl (C=O) groups is 1. The van der Waals surface area contributed by atoms with Crippen molar-refractivity contribution >= 4 is 11.5 Å². The summed E-state index contributed by atoms with van der Waals surface area (Å²) in [6.45, 7) is 2.59. The molecule has 3 aromatic carbocycles. The van der Waals surface area contributed by atoms with Gasteiger partial charge < -0.3 is 10.0 Å². The number of carbonyl (C=O) groups excluding carboxylic acids is 1. The minimum absolute atomic E-state index is 0.148. The number of hydrogen-bond donors (Lipinski definition) is 1. The Labute approximate surface area is 165 Å². The molecule has 0 bridgehead atoms. The molecule has 3 aromatic rings. The maximum absolute atomic E-state index is 13.0. The van der Waals surface area contributed by atoms with Crippen molar-refractivity contribution in [2.45, 2.75) is 19.4 Å². The lowest BCUT2D eigenvalue weighted by molar-refractivity contribution is -0.129. The first kappa shape index (κ1) is 18.1. The summed E-state index contributed by atoms with van der Waals surface area (Å²) >= 11 is 0. The van der Waals surface area contributed by atoms with Crippen LogP contribution in [0.5, 0.6) is 0 Å². The summed E-state index contributed by atoms with van der Waals surface area (Å²) in [5, 5.41) is 10.8. The first-order chi connectivity index (χ1) is 13.6. The van der Waals surface area contributed by atoms with Gasteiger partial charge in [0.25, 0.3) is 5.91 Å². The highest BCUT2D eigenvalue weighted by Gasteiger charge is 2.40. The van der Waals surface area contributed by atoms with Gasteiger partial charge >= 0.3 is 0 Å². The standard InChI is InChI=1S/C25H23NO2/c1-18-12-14-21(15-13-18)23-22(20-10-6-3-7-11-20)24(27)25(28)26(23)17-16-19-8-4-2-5-9-19/h2-15,23,27H,16-17H2,1H3/t23-/m0/s1. The molecule has 1 atom stereocenters. The molecular formula is C25H23NO2. The van der Waals surface area contributed by atoms with Gasteiger partial charge in [-0.3, -0.25) is 4.79 Å². The molecular weight excluding hydrogens is 346 g/mol. The number of aryl methyl sites for hydroxylation is 1. The van der Waals surface area contributed by atoms with Crippen LogP contribution in [0.1, 0.15) is 28.3 Å². The largest absolute Gasteiger partial charge is 0.503 e. The van der Waals surface area contributed by atoms with Gasteiger partial charge in [-0.1, -0.05) is 90.5 Å². The zero-order valence-electron chi connectivity index (χ0n) is 15.9. The molecule has 1 aliphatic heterocycles. The lowest BCUT2D eigenvalue weighted by Crippen LogP contribution is -2.32. The number of aliphatic hydroxyl groups excluding tert-OH is 1. The number of hydrogen-bond acceptors (Lipinski definition) is 2. The van der Waals surface area contributed by atoms with Gasteiger partial charge in [0, 0.05) is 12.1 Å². The van der Waals surface area contributed by atoms with Gasteiger partial charge in [-0.15, -0.1) is 0 Å². The maximum atomic E-state index is 13.0. The zero-order chi connectivity index (χ0) is 19.5. The monoisotopic (exact) mass is 369 g/mol. The van der Waals surface area contributed by atoms with E-state index < -0.39 is 0 Å². The average Bonchev–Trinajstić information content (AvgIpc) is 2.99. The molecule has 1 N–H and O–H groups in total. The molecule has 4 rings (SSSR count). The van der Waals surface area contributed by atoms with Gasteiger partial charge in [-0.2, -0.15) is 0 Å². The second-order valence-electron chi connectivity index (χ2n) is 7.18. The van der Waals surface area contributed by atoms with Crippen LogP contribution >= 0.6 is 0 Å². The number of nitrogens with zero attached hydrogens (tertiary/aromatic N) is 1. The first-order valence-corrected chi connectivity index (χ1v) is 9.55. The lowest BCUT2D eigenvalue weighted by atomic mass is 9.93. The van der Waals surface area contributed by atoms with E-state index in [9.17, 15) is 9.90 Å². The quantitative estimate of drug-likeness (QED) is 0.680. The molecule has 0 saturated heterocycles. The Morgan fingerprint density at radius 2 is 1.46 bits per heavy atom. The summed E-state index contributed by atoms with van der Waals surface area (Å²) < 4.78 is 0. The van der Waals surface area contributed by atoms with Crippen molar-refractivity contribution in [1.82, 2.24) is 4.90 Å². The van der Waals surface area contributed by atoms with Crippen LogP contribution in [0.2, 0.25) is 0 Å². The van der Waals surface area contributed by atoms with Crippen LogP contribution < -0.4 is 0 Å². The number of rotatable bonds is 5. The molecule has 1 aliphatic rings. The molecule has 3 nitrogen and oxygen atoms in total. The normalized spacial score (nSPS) is 16.7. The topological polar surface area (TPSA) is 40.5 Å². The van der Waals surface area contributed by atoms with Gasteiger partial charge in [-0.05, 0) is 30.0 Å². The van der Waals surface area contributed by atoms with Gasteiger partial charge in [0.1, 0.15) is 0 Å². The summed E-state index contributed by atoms with van der Waals surface area (Å²) in [5.74, 6) is -0.454. The Morgan fingerprint density at radius 3 is 2.11 bits per heavy atom. The third kappa shape index (κ3) is 3.44. The van der Waals surface area contributed by atoms with Crippen LogP contribution in [0.4, 0.5) is 0 Å². The molecule has 140 valence electrons. The van der Waals surface area contributed by atoms with Gasteiger partial charge in [0.2, 0.25) is 0 Å². The van der Waals surface area contributed by atoms with Gasteiger partial charge in [-0.25, -0.2) is 0 Å². The van der Waals surface area contributed by atoms with Crippen molar-refractivity contribution in [1.29, 1.82) is 0 Å². The molecule has 0 fully saturated rings. The molecule has 28 heavy (non-hydrogen) atoms. The Hall–Kier alpha value is -3.33. The number of benzene rings is 3. The number of aliphatic hydroxyl groups is 1. The first-order valence-electron chi connectivity index (χ1n) is 9.55. The summed E-state index contributed by atoms with van der Waals surface area (Å²) in [5.41, 5.74) is 4.91. The third-order valence-corrected chi connectivity index (χ3v) is 5.27. The second kappa shape index (κ2) is 7.73. The van der Waals surface area contributed by atoms with Crippen molar-refractivity contribution in [3.63, 3.8) is 0 Å². The van der Waals surface area contributed by atoms with Gasteiger partial charge in [0.15, 0.2) is 5.76 Å². The molecule has 0 saturated carbocycles. The van der Waals surface area contributed by atoms with E-state index in [1.165, 1.54) is 11.1 Å². The highest BCUT2D eigenvalue weighted by Crippen LogP contribution is 2.42. The van der Waals surface area contributed by atoms with Crippen molar-refractivity contribution in [2.75, 3.05) is 6.54 Å². The highest BCUT2D eigenvalue weighted by atomic mass is 16.3. The summed E-state index contributed by atoms with van der Waals surface area (Å²) in [6, 6.07) is 27.7. The molecule has 0 aliphatic carbocycles.